The van der Waals surface area contributed by atoms with Crippen LogP contribution in [0.4, 0.5) is 5.69 Å². The van der Waals surface area contributed by atoms with Gasteiger partial charge in [-0.05, 0) is 44.2 Å². The normalized spacial score (nSPS) is 10.6. The Hall–Kier alpha value is -3.68. The molecule has 0 aliphatic carbocycles. The van der Waals surface area contributed by atoms with E-state index >= 15 is 0 Å². The number of hydrogen-bond donors (Lipinski definition) is 0. The minimum atomic E-state index is -0.715. The van der Waals surface area contributed by atoms with Gasteiger partial charge in [0.2, 0.25) is 5.78 Å². The lowest BCUT2D eigenvalue weighted by Gasteiger charge is -2.08. The van der Waals surface area contributed by atoms with Gasteiger partial charge in [0.15, 0.2) is 6.61 Å². The number of carbonyl (C=O) groups excluding carboxylic acids is 2. The molecule has 0 amide bonds. The van der Waals surface area contributed by atoms with Gasteiger partial charge in [0.25, 0.3) is 5.69 Å². The maximum absolute atomic E-state index is 12.5. The number of ketones is 1. The first-order valence-electron chi connectivity index (χ1n) is 8.50. The molecule has 28 heavy (non-hydrogen) atoms. The smallest absolute Gasteiger partial charge is 0.338 e. The number of ether oxygens (including phenoxy) is 1. The Bertz CT molecular complexity index is 1020. The van der Waals surface area contributed by atoms with E-state index < -0.39 is 17.5 Å². The van der Waals surface area contributed by atoms with E-state index in [0.717, 1.165) is 17.1 Å². The molecule has 0 radical (unpaired) electrons. The quantitative estimate of drug-likeness (QED) is 0.267. The topological polar surface area (TPSA) is 105 Å². The number of aromatic nitrogens is 1. The summed E-state index contributed by atoms with van der Waals surface area (Å²) in [6, 6.07) is 10.4. The predicted molar refractivity (Wildman–Crippen MR) is 99.4 cm³/mol. The molecule has 3 aromatic rings. The van der Waals surface area contributed by atoms with E-state index in [-0.39, 0.29) is 17.0 Å². The van der Waals surface area contributed by atoms with Gasteiger partial charge in [0.1, 0.15) is 5.76 Å². The lowest BCUT2D eigenvalue weighted by molar-refractivity contribution is -0.384. The first-order chi connectivity index (χ1) is 13.4. The fourth-order valence-corrected chi connectivity index (χ4v) is 2.90. The van der Waals surface area contributed by atoms with E-state index in [1.807, 2.05) is 24.5 Å². The molecule has 3 rings (SSSR count). The van der Waals surface area contributed by atoms with Gasteiger partial charge < -0.3 is 13.7 Å². The lowest BCUT2D eigenvalue weighted by Crippen LogP contribution is -2.15. The summed E-state index contributed by atoms with van der Waals surface area (Å²) in [6.07, 6.45) is 1.59. The number of non-ortho nitro benzene ring substituents is 1. The summed E-state index contributed by atoms with van der Waals surface area (Å²) >= 11 is 0. The van der Waals surface area contributed by atoms with Crippen LogP contribution in [0.3, 0.4) is 0 Å². The molecule has 0 saturated carbocycles. The molecular formula is C20H18N2O6. The molecule has 2 heterocycles. The van der Waals surface area contributed by atoms with Crippen molar-refractivity contribution in [2.45, 2.75) is 20.4 Å². The number of rotatable bonds is 7. The Morgan fingerprint density at radius 2 is 1.89 bits per heavy atom. The summed E-state index contributed by atoms with van der Waals surface area (Å²) in [6.45, 7) is 3.79. The molecule has 0 atom stereocenters. The molecule has 0 aliphatic heterocycles. The van der Waals surface area contributed by atoms with Crippen molar-refractivity contribution >= 4 is 17.4 Å². The fraction of sp³-hybridized carbons (Fsp3) is 0.200. The highest BCUT2D eigenvalue weighted by molar-refractivity contribution is 6.00. The van der Waals surface area contributed by atoms with Gasteiger partial charge in [-0.1, -0.05) is 0 Å². The molecule has 1 aromatic carbocycles. The molecule has 0 unspecified atom stereocenters. The minimum Gasteiger partial charge on any atom is -0.467 e. The monoisotopic (exact) mass is 382 g/mol. The van der Waals surface area contributed by atoms with Crippen molar-refractivity contribution in [2.75, 3.05) is 6.61 Å². The zero-order chi connectivity index (χ0) is 20.3. The number of nitro benzene ring substituents is 1. The first kappa shape index (κ1) is 19.1. The summed E-state index contributed by atoms with van der Waals surface area (Å²) in [5, 5.41) is 10.7. The second-order valence-corrected chi connectivity index (χ2v) is 6.25. The van der Waals surface area contributed by atoms with Gasteiger partial charge in [-0.3, -0.25) is 14.9 Å². The highest BCUT2D eigenvalue weighted by atomic mass is 16.6. The Morgan fingerprint density at radius 3 is 2.50 bits per heavy atom. The summed E-state index contributed by atoms with van der Waals surface area (Å²) in [4.78, 5) is 34.7. The Labute approximate surface area is 160 Å². The molecule has 0 spiro atoms. The van der Waals surface area contributed by atoms with Crippen LogP contribution in [0.1, 0.15) is 37.9 Å². The molecule has 0 N–H and O–H groups in total. The van der Waals surface area contributed by atoms with Gasteiger partial charge >= 0.3 is 5.97 Å². The van der Waals surface area contributed by atoms with Crippen LogP contribution < -0.4 is 0 Å². The average Bonchev–Trinajstić information content (AvgIpc) is 3.29. The van der Waals surface area contributed by atoms with Crippen LogP contribution in [0.15, 0.2) is 53.1 Å². The van der Waals surface area contributed by atoms with Crippen molar-refractivity contribution in [3.8, 4) is 0 Å². The molecular weight excluding hydrogens is 364 g/mol. The molecule has 8 heteroatoms. The highest BCUT2D eigenvalue weighted by Crippen LogP contribution is 2.19. The van der Waals surface area contributed by atoms with E-state index in [1.54, 1.807) is 18.4 Å². The van der Waals surface area contributed by atoms with Crippen LogP contribution in [0, 0.1) is 24.0 Å². The Morgan fingerprint density at radius 1 is 1.18 bits per heavy atom. The molecule has 144 valence electrons. The van der Waals surface area contributed by atoms with Crippen molar-refractivity contribution in [3.63, 3.8) is 0 Å². The van der Waals surface area contributed by atoms with Gasteiger partial charge in [-0.25, -0.2) is 4.79 Å². The second-order valence-electron chi connectivity index (χ2n) is 6.25. The zero-order valence-electron chi connectivity index (χ0n) is 15.4. The fourth-order valence-electron chi connectivity index (χ4n) is 2.90. The van der Waals surface area contributed by atoms with Gasteiger partial charge in [0.05, 0.1) is 23.3 Å². The van der Waals surface area contributed by atoms with Gasteiger partial charge in [0, 0.05) is 29.1 Å². The number of carbonyl (C=O) groups is 2. The minimum absolute atomic E-state index is 0.128. The van der Waals surface area contributed by atoms with E-state index in [2.05, 4.69) is 0 Å². The zero-order valence-corrected chi connectivity index (χ0v) is 15.4. The van der Waals surface area contributed by atoms with Gasteiger partial charge in [-0.2, -0.15) is 0 Å². The molecule has 0 bridgehead atoms. The number of esters is 1. The average molecular weight is 382 g/mol. The predicted octanol–water partition coefficient (Wildman–Crippen LogP) is 3.69. The van der Waals surface area contributed by atoms with Crippen LogP contribution in [-0.4, -0.2) is 27.8 Å². The number of aryl methyl sites for hydroxylation is 1. The van der Waals surface area contributed by atoms with Crippen molar-refractivity contribution in [1.82, 2.24) is 4.57 Å². The maximum atomic E-state index is 12.5. The van der Waals surface area contributed by atoms with Crippen LogP contribution >= 0.6 is 0 Å². The SMILES string of the molecule is Cc1cc(C(=O)COC(=O)c2ccc([N+](=O)[O-])cc2)c(C)n1Cc1ccco1. The third-order valence-corrected chi connectivity index (χ3v) is 4.42. The van der Waals surface area contributed by atoms with E-state index in [9.17, 15) is 19.7 Å². The first-order valence-corrected chi connectivity index (χ1v) is 8.50. The molecule has 8 nitrogen and oxygen atoms in total. The number of furan rings is 1. The van der Waals surface area contributed by atoms with Crippen LogP contribution in [-0.2, 0) is 11.3 Å². The Balaban J connectivity index is 1.66. The van der Waals surface area contributed by atoms with E-state index in [1.165, 1.54) is 24.3 Å². The van der Waals surface area contributed by atoms with E-state index in [4.69, 9.17) is 9.15 Å². The number of hydrogen-bond acceptors (Lipinski definition) is 6. The van der Waals surface area contributed by atoms with E-state index in [0.29, 0.717) is 12.1 Å². The maximum Gasteiger partial charge on any atom is 0.338 e. The van der Waals surface area contributed by atoms with Gasteiger partial charge in [-0.15, -0.1) is 0 Å². The largest absolute Gasteiger partial charge is 0.467 e. The third-order valence-electron chi connectivity index (χ3n) is 4.42. The summed E-state index contributed by atoms with van der Waals surface area (Å²) in [7, 11) is 0. The molecule has 0 fully saturated rings. The Kier molecular flexibility index (Phi) is 5.39. The van der Waals surface area contributed by atoms with Crippen molar-refractivity contribution in [3.05, 3.63) is 87.1 Å². The third kappa shape index (κ3) is 4.01. The van der Waals surface area contributed by atoms with Crippen LogP contribution in [0.25, 0.3) is 0 Å². The van der Waals surface area contributed by atoms with Crippen molar-refractivity contribution < 1.29 is 23.7 Å². The van der Waals surface area contributed by atoms with Crippen LogP contribution in [0.5, 0.6) is 0 Å². The molecule has 0 aliphatic rings. The molecule has 2 aromatic heterocycles. The number of nitrogens with zero attached hydrogens (tertiary/aromatic N) is 2. The van der Waals surface area contributed by atoms with Crippen molar-refractivity contribution in [2.24, 2.45) is 0 Å². The number of Topliss-reactive ketones (excluding diaryl/α,β-unsaturated/α-hetero) is 1. The number of benzene rings is 1. The number of nitro groups is 1. The second kappa shape index (κ2) is 7.91. The highest BCUT2D eigenvalue weighted by Gasteiger charge is 2.19. The molecule has 0 saturated heterocycles. The summed E-state index contributed by atoms with van der Waals surface area (Å²) < 4.78 is 12.4. The standard InChI is InChI=1S/C20H18N2O6/c1-13-10-18(14(2)21(13)11-17-4-3-9-27-17)19(23)12-28-20(24)15-5-7-16(8-6-15)22(25)26/h3-10H,11-12H2,1-2H3. The summed E-state index contributed by atoms with van der Waals surface area (Å²) in [5.41, 5.74) is 2.13. The van der Waals surface area contributed by atoms with Crippen LogP contribution in [0.2, 0.25) is 0 Å². The van der Waals surface area contributed by atoms with Crippen molar-refractivity contribution in [1.29, 1.82) is 0 Å². The summed E-state index contributed by atoms with van der Waals surface area (Å²) in [5.74, 6) is -0.271. The lowest BCUT2D eigenvalue weighted by atomic mass is 10.1.